The van der Waals surface area contributed by atoms with Crippen molar-refractivity contribution in [1.29, 1.82) is 0 Å². The van der Waals surface area contributed by atoms with E-state index in [2.05, 4.69) is 9.97 Å². The van der Waals surface area contributed by atoms with Gasteiger partial charge in [-0.05, 0) is 43.2 Å². The molecule has 0 bridgehead atoms. The second-order valence-electron chi connectivity index (χ2n) is 6.92. The summed E-state index contributed by atoms with van der Waals surface area (Å²) in [5, 5.41) is 0.403. The maximum absolute atomic E-state index is 13.0. The highest BCUT2D eigenvalue weighted by Gasteiger charge is 2.27. The van der Waals surface area contributed by atoms with Crippen molar-refractivity contribution in [2.45, 2.75) is 18.8 Å². The Bertz CT molecular complexity index is 974. The smallest absolute Gasteiger partial charge is 0.253 e. The van der Waals surface area contributed by atoms with Gasteiger partial charge in [0.15, 0.2) is 0 Å². The SMILES string of the molecule is Cn1ccnc1C1CCCN(C(=O)c2ccc(Oc3ccncc3)c(Cl)c2)C1. The summed E-state index contributed by atoms with van der Waals surface area (Å²) in [6, 6.07) is 8.66. The molecule has 1 aliphatic heterocycles. The van der Waals surface area contributed by atoms with Crippen molar-refractivity contribution in [2.24, 2.45) is 7.05 Å². The van der Waals surface area contributed by atoms with Gasteiger partial charge in [0, 0.05) is 56.4 Å². The van der Waals surface area contributed by atoms with Gasteiger partial charge in [-0.3, -0.25) is 9.78 Å². The number of amides is 1. The number of hydrogen-bond donors (Lipinski definition) is 0. The predicted molar refractivity (Wildman–Crippen MR) is 107 cm³/mol. The summed E-state index contributed by atoms with van der Waals surface area (Å²) in [6.45, 7) is 1.41. The van der Waals surface area contributed by atoms with Crippen LogP contribution in [0.2, 0.25) is 5.02 Å². The van der Waals surface area contributed by atoms with E-state index in [4.69, 9.17) is 16.3 Å². The minimum atomic E-state index is -0.0173. The Morgan fingerprint density at radius 1 is 1.21 bits per heavy atom. The molecule has 4 rings (SSSR count). The van der Waals surface area contributed by atoms with E-state index in [0.29, 0.717) is 28.6 Å². The van der Waals surface area contributed by atoms with E-state index in [-0.39, 0.29) is 11.8 Å². The average Bonchev–Trinajstić information content (AvgIpc) is 3.16. The fourth-order valence-electron chi connectivity index (χ4n) is 3.58. The summed E-state index contributed by atoms with van der Waals surface area (Å²) in [6.07, 6.45) is 9.04. The van der Waals surface area contributed by atoms with Gasteiger partial charge in [0.1, 0.15) is 17.3 Å². The number of pyridine rings is 1. The molecule has 144 valence electrons. The number of hydrogen-bond acceptors (Lipinski definition) is 4. The van der Waals surface area contributed by atoms with Crippen molar-refractivity contribution < 1.29 is 9.53 Å². The van der Waals surface area contributed by atoms with E-state index < -0.39 is 0 Å². The maximum Gasteiger partial charge on any atom is 0.253 e. The summed E-state index contributed by atoms with van der Waals surface area (Å²) >= 11 is 6.37. The molecule has 6 nitrogen and oxygen atoms in total. The number of aromatic nitrogens is 3. The van der Waals surface area contributed by atoms with Gasteiger partial charge < -0.3 is 14.2 Å². The third-order valence-electron chi connectivity index (χ3n) is 4.99. The molecule has 1 saturated heterocycles. The van der Waals surface area contributed by atoms with Gasteiger partial charge in [0.25, 0.3) is 5.91 Å². The molecule has 1 fully saturated rings. The number of rotatable bonds is 4. The highest BCUT2D eigenvalue weighted by Crippen LogP contribution is 2.31. The van der Waals surface area contributed by atoms with E-state index in [1.54, 1.807) is 48.9 Å². The molecule has 1 unspecified atom stereocenters. The number of likely N-dealkylation sites (tertiary alicyclic amines) is 1. The van der Waals surface area contributed by atoms with Crippen molar-refractivity contribution in [3.05, 3.63) is 71.5 Å². The van der Waals surface area contributed by atoms with Crippen LogP contribution in [0.15, 0.2) is 55.1 Å². The predicted octanol–water partition coefficient (Wildman–Crippen LogP) is 4.28. The zero-order valence-electron chi connectivity index (χ0n) is 15.6. The molecule has 2 aromatic heterocycles. The molecule has 1 aromatic carbocycles. The zero-order chi connectivity index (χ0) is 19.5. The number of imidazole rings is 1. The first-order chi connectivity index (χ1) is 13.6. The number of ether oxygens (including phenoxy) is 1. The number of aryl methyl sites for hydroxylation is 1. The van der Waals surface area contributed by atoms with Crippen LogP contribution < -0.4 is 4.74 Å². The highest BCUT2D eigenvalue weighted by atomic mass is 35.5. The molecular weight excluding hydrogens is 376 g/mol. The Labute approximate surface area is 168 Å². The van der Waals surface area contributed by atoms with E-state index in [0.717, 1.165) is 25.2 Å². The molecule has 0 saturated carbocycles. The first kappa shape index (κ1) is 18.5. The molecule has 0 N–H and O–H groups in total. The topological polar surface area (TPSA) is 60.2 Å². The van der Waals surface area contributed by atoms with Gasteiger partial charge in [-0.25, -0.2) is 4.98 Å². The monoisotopic (exact) mass is 396 g/mol. The summed E-state index contributed by atoms with van der Waals surface area (Å²) < 4.78 is 7.79. The summed E-state index contributed by atoms with van der Waals surface area (Å²) in [5.41, 5.74) is 0.563. The van der Waals surface area contributed by atoms with Gasteiger partial charge in [0.2, 0.25) is 0 Å². The normalized spacial score (nSPS) is 16.8. The summed E-state index contributed by atoms with van der Waals surface area (Å²) in [7, 11) is 1.99. The third kappa shape index (κ3) is 3.87. The highest BCUT2D eigenvalue weighted by molar-refractivity contribution is 6.32. The number of benzene rings is 1. The number of piperidine rings is 1. The van der Waals surface area contributed by atoms with Crippen LogP contribution in [0.4, 0.5) is 0 Å². The van der Waals surface area contributed by atoms with Crippen molar-refractivity contribution in [3.8, 4) is 11.5 Å². The fraction of sp³-hybridized carbons (Fsp3) is 0.286. The van der Waals surface area contributed by atoms with Crippen molar-refractivity contribution in [1.82, 2.24) is 19.4 Å². The Morgan fingerprint density at radius 3 is 2.75 bits per heavy atom. The van der Waals surface area contributed by atoms with Crippen molar-refractivity contribution >= 4 is 17.5 Å². The molecule has 0 radical (unpaired) electrons. The Morgan fingerprint density at radius 2 is 2.04 bits per heavy atom. The summed E-state index contributed by atoms with van der Waals surface area (Å²) in [5.74, 6) is 2.41. The van der Waals surface area contributed by atoms with Gasteiger partial charge in [-0.1, -0.05) is 11.6 Å². The van der Waals surface area contributed by atoms with Gasteiger partial charge in [-0.15, -0.1) is 0 Å². The van der Waals surface area contributed by atoms with E-state index in [1.807, 2.05) is 22.7 Å². The first-order valence-corrected chi connectivity index (χ1v) is 9.63. The van der Waals surface area contributed by atoms with Gasteiger partial charge in [0.05, 0.1) is 5.02 Å². The minimum absolute atomic E-state index is 0.0173. The largest absolute Gasteiger partial charge is 0.456 e. The van der Waals surface area contributed by atoms with Crippen LogP contribution in [0.5, 0.6) is 11.5 Å². The standard InChI is InChI=1S/C21H21ClN4O2/c1-25-12-10-24-20(25)16-3-2-11-26(14-16)21(27)15-4-5-19(18(22)13-15)28-17-6-8-23-9-7-17/h4-10,12-13,16H,2-3,11,14H2,1H3. The maximum atomic E-state index is 13.0. The van der Waals surface area contributed by atoms with E-state index in [9.17, 15) is 4.79 Å². The average molecular weight is 397 g/mol. The molecular formula is C21H21ClN4O2. The molecule has 0 aliphatic carbocycles. The lowest BCUT2D eigenvalue weighted by atomic mass is 9.96. The molecule has 3 aromatic rings. The molecule has 0 spiro atoms. The molecule has 28 heavy (non-hydrogen) atoms. The molecule has 1 atom stereocenters. The lowest BCUT2D eigenvalue weighted by Crippen LogP contribution is -2.39. The molecule has 3 heterocycles. The second-order valence-corrected chi connectivity index (χ2v) is 7.32. The van der Waals surface area contributed by atoms with Crippen LogP contribution in [0.1, 0.15) is 34.9 Å². The quantitative estimate of drug-likeness (QED) is 0.660. The van der Waals surface area contributed by atoms with Crippen LogP contribution in [0.25, 0.3) is 0 Å². The Hall–Kier alpha value is -2.86. The van der Waals surface area contributed by atoms with Crippen LogP contribution in [-0.4, -0.2) is 38.4 Å². The Balaban J connectivity index is 1.48. The van der Waals surface area contributed by atoms with Gasteiger partial charge >= 0.3 is 0 Å². The fourth-order valence-corrected chi connectivity index (χ4v) is 3.79. The van der Waals surface area contributed by atoms with Crippen LogP contribution in [0.3, 0.4) is 0 Å². The third-order valence-corrected chi connectivity index (χ3v) is 5.28. The first-order valence-electron chi connectivity index (χ1n) is 9.26. The van der Waals surface area contributed by atoms with Crippen molar-refractivity contribution in [2.75, 3.05) is 13.1 Å². The number of carbonyl (C=O) groups excluding carboxylic acids is 1. The molecule has 1 amide bonds. The van der Waals surface area contributed by atoms with Crippen LogP contribution >= 0.6 is 11.6 Å². The number of halogens is 1. The van der Waals surface area contributed by atoms with E-state index in [1.165, 1.54) is 0 Å². The van der Waals surface area contributed by atoms with Crippen LogP contribution in [0, 0.1) is 0 Å². The lowest BCUT2D eigenvalue weighted by molar-refractivity contribution is 0.0703. The zero-order valence-corrected chi connectivity index (χ0v) is 16.3. The van der Waals surface area contributed by atoms with Crippen LogP contribution in [-0.2, 0) is 7.05 Å². The summed E-state index contributed by atoms with van der Waals surface area (Å²) in [4.78, 5) is 23.3. The minimum Gasteiger partial charge on any atom is -0.456 e. The Kier molecular flexibility index (Phi) is 5.30. The van der Waals surface area contributed by atoms with Gasteiger partial charge in [-0.2, -0.15) is 0 Å². The lowest BCUT2D eigenvalue weighted by Gasteiger charge is -2.32. The number of nitrogens with zero attached hydrogens (tertiary/aromatic N) is 4. The van der Waals surface area contributed by atoms with Crippen molar-refractivity contribution in [3.63, 3.8) is 0 Å². The molecule has 7 heteroatoms. The number of carbonyl (C=O) groups is 1. The second kappa shape index (κ2) is 8.02. The molecule has 1 aliphatic rings. The van der Waals surface area contributed by atoms with E-state index >= 15 is 0 Å².